The second-order valence-electron chi connectivity index (χ2n) is 5.43. The average molecular weight is 249 g/mol. The Morgan fingerprint density at radius 2 is 2.11 bits per heavy atom. The molecule has 0 saturated heterocycles. The van der Waals surface area contributed by atoms with E-state index in [1.54, 1.807) is 6.20 Å². The Labute approximate surface area is 108 Å². The van der Waals surface area contributed by atoms with E-state index >= 15 is 0 Å². The van der Waals surface area contributed by atoms with Crippen molar-refractivity contribution in [1.29, 1.82) is 0 Å². The number of aromatic amines is 1. The lowest BCUT2D eigenvalue weighted by Crippen LogP contribution is -2.17. The molecule has 4 heteroatoms. The lowest BCUT2D eigenvalue weighted by atomic mass is 9.97. The van der Waals surface area contributed by atoms with Gasteiger partial charge in [0.05, 0.1) is 11.4 Å². The molecule has 0 unspecified atom stereocenters. The molecule has 2 aromatic heterocycles. The minimum absolute atomic E-state index is 0.106. The molecule has 3 aromatic rings. The molecule has 19 heavy (non-hydrogen) atoms. The number of rotatable bonds is 0. The van der Waals surface area contributed by atoms with Crippen molar-refractivity contribution in [3.05, 3.63) is 58.3 Å². The van der Waals surface area contributed by atoms with Gasteiger partial charge in [-0.05, 0) is 18.4 Å². The molecule has 1 aromatic carbocycles. The van der Waals surface area contributed by atoms with Crippen molar-refractivity contribution in [2.75, 3.05) is 0 Å². The molecule has 2 aliphatic carbocycles. The maximum atomic E-state index is 12.1. The summed E-state index contributed by atoms with van der Waals surface area (Å²) in [5.41, 5.74) is 5.19. The van der Waals surface area contributed by atoms with Gasteiger partial charge in [0.15, 0.2) is 0 Å². The zero-order valence-corrected chi connectivity index (χ0v) is 10.2. The van der Waals surface area contributed by atoms with E-state index in [4.69, 9.17) is 0 Å². The molecule has 4 nitrogen and oxygen atoms in total. The van der Waals surface area contributed by atoms with Gasteiger partial charge in [-0.2, -0.15) is 0 Å². The van der Waals surface area contributed by atoms with Crippen molar-refractivity contribution in [2.45, 2.75) is 18.3 Å². The van der Waals surface area contributed by atoms with E-state index in [1.807, 2.05) is 16.7 Å². The van der Waals surface area contributed by atoms with Crippen molar-refractivity contribution in [2.24, 2.45) is 0 Å². The summed E-state index contributed by atoms with van der Waals surface area (Å²) in [5.74, 6) is 0. The quantitative estimate of drug-likeness (QED) is 0.663. The van der Waals surface area contributed by atoms with Crippen LogP contribution in [0.3, 0.4) is 0 Å². The van der Waals surface area contributed by atoms with Crippen LogP contribution in [0.2, 0.25) is 0 Å². The minimum atomic E-state index is -0.115. The first-order chi connectivity index (χ1) is 9.31. The van der Waals surface area contributed by atoms with Crippen LogP contribution >= 0.6 is 0 Å². The Morgan fingerprint density at radius 3 is 2.95 bits per heavy atom. The Balaban J connectivity index is 2.05. The Bertz CT molecular complexity index is 899. The van der Waals surface area contributed by atoms with E-state index in [0.29, 0.717) is 5.65 Å². The van der Waals surface area contributed by atoms with Gasteiger partial charge in [-0.25, -0.2) is 4.98 Å². The summed E-state index contributed by atoms with van der Waals surface area (Å²) < 4.78 is 1.97. The molecule has 2 aliphatic rings. The lowest BCUT2D eigenvalue weighted by Gasteiger charge is -2.11. The van der Waals surface area contributed by atoms with E-state index in [0.717, 1.165) is 18.5 Å². The van der Waals surface area contributed by atoms with Crippen LogP contribution in [0.1, 0.15) is 24.1 Å². The van der Waals surface area contributed by atoms with Gasteiger partial charge in [-0.3, -0.25) is 9.20 Å². The fraction of sp³-hybridized carbons (Fsp3) is 0.200. The Hall–Kier alpha value is -2.36. The van der Waals surface area contributed by atoms with Gasteiger partial charge in [0.1, 0.15) is 0 Å². The molecule has 92 valence electrons. The van der Waals surface area contributed by atoms with Crippen molar-refractivity contribution in [1.82, 2.24) is 14.4 Å². The maximum absolute atomic E-state index is 12.1. The first-order valence-corrected chi connectivity index (χ1v) is 6.51. The summed E-state index contributed by atoms with van der Waals surface area (Å²) in [7, 11) is 0. The summed E-state index contributed by atoms with van der Waals surface area (Å²) in [6, 6.07) is 8.39. The van der Waals surface area contributed by atoms with Crippen LogP contribution in [0.5, 0.6) is 0 Å². The van der Waals surface area contributed by atoms with Gasteiger partial charge in [0.25, 0.3) is 5.56 Å². The third-order valence-electron chi connectivity index (χ3n) is 4.48. The van der Waals surface area contributed by atoms with Crippen molar-refractivity contribution in [3.63, 3.8) is 0 Å². The normalized spacial score (nSPS) is 17.7. The van der Waals surface area contributed by atoms with Gasteiger partial charge in [-0.1, -0.05) is 24.3 Å². The minimum Gasteiger partial charge on any atom is -0.317 e. The van der Waals surface area contributed by atoms with Crippen LogP contribution in [0.15, 0.2) is 41.5 Å². The molecule has 0 radical (unpaired) electrons. The zero-order valence-electron chi connectivity index (χ0n) is 10.2. The first-order valence-electron chi connectivity index (χ1n) is 6.51. The van der Waals surface area contributed by atoms with E-state index < -0.39 is 0 Å². The Kier molecular flexibility index (Phi) is 1.40. The summed E-state index contributed by atoms with van der Waals surface area (Å²) in [6.45, 7) is 0. The number of hydrogen-bond acceptors (Lipinski definition) is 2. The molecule has 1 saturated carbocycles. The molecule has 0 atom stereocenters. The molecule has 5 rings (SSSR count). The third kappa shape index (κ3) is 0.940. The molecular formula is C15H11N3O. The summed E-state index contributed by atoms with van der Waals surface area (Å²) >= 11 is 0. The van der Waals surface area contributed by atoms with Gasteiger partial charge in [0.2, 0.25) is 5.65 Å². The SMILES string of the molecule is O=c1[nH]c2c(n3ccnc13)C1(CC1)c1ccccc1-2. The highest BCUT2D eigenvalue weighted by Crippen LogP contribution is 2.61. The highest BCUT2D eigenvalue weighted by Gasteiger charge is 2.54. The fourth-order valence-corrected chi connectivity index (χ4v) is 3.54. The largest absolute Gasteiger partial charge is 0.317 e. The fourth-order valence-electron chi connectivity index (χ4n) is 3.54. The molecule has 1 N–H and O–H groups in total. The van der Waals surface area contributed by atoms with Gasteiger partial charge in [0, 0.05) is 23.4 Å². The maximum Gasteiger partial charge on any atom is 0.292 e. The van der Waals surface area contributed by atoms with E-state index in [1.165, 1.54) is 16.8 Å². The molecule has 2 heterocycles. The Morgan fingerprint density at radius 1 is 1.26 bits per heavy atom. The predicted octanol–water partition coefficient (Wildman–Crippen LogP) is 2.08. The van der Waals surface area contributed by atoms with Crippen LogP contribution < -0.4 is 5.56 Å². The number of fused-ring (bicyclic) bond motifs is 7. The second-order valence-corrected chi connectivity index (χ2v) is 5.43. The third-order valence-corrected chi connectivity index (χ3v) is 4.48. The number of benzene rings is 1. The van der Waals surface area contributed by atoms with Gasteiger partial charge in [-0.15, -0.1) is 0 Å². The van der Waals surface area contributed by atoms with Crippen molar-refractivity contribution >= 4 is 5.65 Å². The number of imidazole rings is 1. The topological polar surface area (TPSA) is 50.2 Å². The van der Waals surface area contributed by atoms with Crippen LogP contribution in [0, 0.1) is 0 Å². The summed E-state index contributed by atoms with van der Waals surface area (Å²) in [6.07, 6.45) is 5.89. The molecule has 1 fully saturated rings. The molecule has 0 bridgehead atoms. The second kappa shape index (κ2) is 2.79. The van der Waals surface area contributed by atoms with E-state index in [9.17, 15) is 4.79 Å². The van der Waals surface area contributed by atoms with Gasteiger partial charge >= 0.3 is 0 Å². The summed E-state index contributed by atoms with van der Waals surface area (Å²) in [4.78, 5) is 19.3. The number of aromatic nitrogens is 3. The van der Waals surface area contributed by atoms with Crippen LogP contribution in [0.4, 0.5) is 0 Å². The van der Waals surface area contributed by atoms with Gasteiger partial charge < -0.3 is 4.98 Å². The molecular weight excluding hydrogens is 238 g/mol. The van der Waals surface area contributed by atoms with Crippen molar-refractivity contribution < 1.29 is 0 Å². The highest BCUT2D eigenvalue weighted by atomic mass is 16.1. The standard InChI is InChI=1S/C15H11N3O/c19-14-13-16-7-8-18(13)12-11(17-14)9-3-1-2-4-10(9)15(12)5-6-15/h1-4,7-8H,5-6H2,(H,17,19). The van der Waals surface area contributed by atoms with E-state index in [2.05, 4.69) is 28.2 Å². The lowest BCUT2D eigenvalue weighted by molar-refractivity contribution is 0.803. The number of nitrogens with one attached hydrogen (secondary N) is 1. The van der Waals surface area contributed by atoms with Crippen LogP contribution in [-0.2, 0) is 5.41 Å². The smallest absolute Gasteiger partial charge is 0.292 e. The number of H-pyrrole nitrogens is 1. The number of hydrogen-bond donors (Lipinski definition) is 1. The molecule has 1 spiro atoms. The van der Waals surface area contributed by atoms with Crippen LogP contribution in [-0.4, -0.2) is 14.4 Å². The monoisotopic (exact) mass is 249 g/mol. The highest BCUT2D eigenvalue weighted by molar-refractivity contribution is 5.79. The zero-order chi connectivity index (χ0) is 12.6. The molecule has 0 amide bonds. The van der Waals surface area contributed by atoms with Crippen molar-refractivity contribution in [3.8, 4) is 11.3 Å². The van der Waals surface area contributed by atoms with Crippen LogP contribution in [0.25, 0.3) is 16.9 Å². The first kappa shape index (κ1) is 9.55. The van der Waals surface area contributed by atoms with E-state index in [-0.39, 0.29) is 11.0 Å². The number of nitrogens with zero attached hydrogens (tertiary/aromatic N) is 2. The average Bonchev–Trinajstić information content (AvgIpc) is 2.97. The summed E-state index contributed by atoms with van der Waals surface area (Å²) in [5, 5.41) is 0. The predicted molar refractivity (Wildman–Crippen MR) is 71.3 cm³/mol. The molecule has 0 aliphatic heterocycles.